The van der Waals surface area contributed by atoms with Crippen LogP contribution in [-0.2, 0) is 9.59 Å². The molecule has 1 heterocycles. The van der Waals surface area contributed by atoms with Gasteiger partial charge < -0.3 is 10.6 Å². The Balaban J connectivity index is 1.78. The number of carbonyl (C=O) groups is 2. The van der Waals surface area contributed by atoms with Gasteiger partial charge in [-0.2, -0.15) is 5.26 Å². The van der Waals surface area contributed by atoms with E-state index in [4.69, 9.17) is 11.6 Å². The molecular formula is C20H15ClFN3O2S. The number of benzene rings is 2. The van der Waals surface area contributed by atoms with Gasteiger partial charge in [-0.05, 0) is 23.8 Å². The third-order valence-electron chi connectivity index (χ3n) is 4.13. The molecule has 1 aliphatic heterocycles. The maximum atomic E-state index is 14.2. The first-order valence-corrected chi connectivity index (χ1v) is 9.71. The van der Waals surface area contributed by atoms with E-state index in [1.54, 1.807) is 42.5 Å². The minimum absolute atomic E-state index is 0.0281. The van der Waals surface area contributed by atoms with Crippen molar-refractivity contribution in [1.29, 1.82) is 5.26 Å². The fourth-order valence-electron chi connectivity index (χ4n) is 2.84. The van der Waals surface area contributed by atoms with Crippen LogP contribution >= 0.6 is 23.4 Å². The van der Waals surface area contributed by atoms with E-state index < -0.39 is 11.7 Å². The molecule has 2 amide bonds. The van der Waals surface area contributed by atoms with Gasteiger partial charge in [-0.1, -0.05) is 53.7 Å². The predicted octanol–water partition coefficient (Wildman–Crippen LogP) is 4.19. The van der Waals surface area contributed by atoms with Crippen LogP contribution in [0.5, 0.6) is 0 Å². The molecule has 1 aliphatic rings. The Morgan fingerprint density at radius 2 is 2.00 bits per heavy atom. The van der Waals surface area contributed by atoms with Crippen LogP contribution in [0, 0.1) is 17.1 Å². The number of para-hydroxylation sites is 1. The lowest BCUT2D eigenvalue weighted by atomic mass is 9.87. The summed E-state index contributed by atoms with van der Waals surface area (Å²) in [4.78, 5) is 24.3. The zero-order valence-electron chi connectivity index (χ0n) is 14.5. The van der Waals surface area contributed by atoms with Crippen LogP contribution in [0.3, 0.4) is 0 Å². The van der Waals surface area contributed by atoms with Gasteiger partial charge in [0, 0.05) is 12.3 Å². The lowest BCUT2D eigenvalue weighted by Crippen LogP contribution is -2.31. The molecule has 0 aromatic heterocycles. The number of halogens is 2. The lowest BCUT2D eigenvalue weighted by molar-refractivity contribution is -0.121. The molecule has 2 aromatic carbocycles. The van der Waals surface area contributed by atoms with Gasteiger partial charge in [0.25, 0.3) is 0 Å². The Morgan fingerprint density at radius 1 is 1.29 bits per heavy atom. The van der Waals surface area contributed by atoms with Gasteiger partial charge in [-0.25, -0.2) is 4.39 Å². The number of anilines is 1. The maximum absolute atomic E-state index is 14.2. The third kappa shape index (κ3) is 4.53. The largest absolute Gasteiger partial charge is 0.324 e. The van der Waals surface area contributed by atoms with Crippen LogP contribution in [0.25, 0.3) is 0 Å². The van der Waals surface area contributed by atoms with Gasteiger partial charge in [0.15, 0.2) is 0 Å². The highest BCUT2D eigenvalue weighted by Crippen LogP contribution is 2.36. The van der Waals surface area contributed by atoms with Crippen LogP contribution in [0.1, 0.15) is 17.9 Å². The zero-order valence-corrected chi connectivity index (χ0v) is 16.1. The van der Waals surface area contributed by atoms with E-state index in [0.717, 1.165) is 11.8 Å². The number of amides is 2. The van der Waals surface area contributed by atoms with E-state index in [1.807, 2.05) is 0 Å². The number of nitrogens with one attached hydrogen (secondary N) is 2. The van der Waals surface area contributed by atoms with Crippen molar-refractivity contribution in [2.45, 2.75) is 12.3 Å². The monoisotopic (exact) mass is 415 g/mol. The summed E-state index contributed by atoms with van der Waals surface area (Å²) in [5.41, 5.74) is 0.994. The summed E-state index contributed by atoms with van der Waals surface area (Å²) in [5, 5.41) is 15.6. The molecule has 1 atom stereocenters. The summed E-state index contributed by atoms with van der Waals surface area (Å²) >= 11 is 7.04. The molecular weight excluding hydrogens is 401 g/mol. The van der Waals surface area contributed by atoms with Crippen molar-refractivity contribution < 1.29 is 14.0 Å². The zero-order chi connectivity index (χ0) is 20.1. The van der Waals surface area contributed by atoms with E-state index in [9.17, 15) is 19.2 Å². The van der Waals surface area contributed by atoms with E-state index in [1.165, 1.54) is 6.07 Å². The van der Waals surface area contributed by atoms with Gasteiger partial charge in [0.1, 0.15) is 5.82 Å². The summed E-state index contributed by atoms with van der Waals surface area (Å²) in [6.45, 7) is 0. The van der Waals surface area contributed by atoms with Crippen molar-refractivity contribution in [3.8, 4) is 6.07 Å². The Bertz CT molecular complexity index is 1000. The second-order valence-electron chi connectivity index (χ2n) is 6.00. The second-order valence-corrected chi connectivity index (χ2v) is 7.39. The number of rotatable bonds is 5. The highest BCUT2D eigenvalue weighted by Gasteiger charge is 2.31. The molecule has 0 bridgehead atoms. The standard InChI is InChI=1S/C20H15ClFN3O2S/c21-15-6-2-4-8-17(15)24-19(27)11-28-20-14(10-23)13(9-18(26)25-20)12-5-1-3-7-16(12)22/h1-8,13H,9,11H2,(H,24,27)(H,25,26)/t13-/m0/s1. The minimum Gasteiger partial charge on any atom is -0.324 e. The molecule has 2 aromatic rings. The van der Waals surface area contributed by atoms with E-state index in [0.29, 0.717) is 10.7 Å². The predicted molar refractivity (Wildman–Crippen MR) is 107 cm³/mol. The number of hydrogen-bond acceptors (Lipinski definition) is 4. The van der Waals surface area contributed by atoms with Crippen LogP contribution in [0.2, 0.25) is 5.02 Å². The molecule has 8 heteroatoms. The number of hydrogen-bond donors (Lipinski definition) is 2. The average Bonchev–Trinajstić information content (AvgIpc) is 2.68. The molecule has 28 heavy (non-hydrogen) atoms. The number of nitrogens with zero attached hydrogens (tertiary/aromatic N) is 1. The molecule has 0 radical (unpaired) electrons. The van der Waals surface area contributed by atoms with Crippen molar-refractivity contribution in [3.05, 3.63) is 75.5 Å². The summed E-state index contributed by atoms with van der Waals surface area (Å²) in [7, 11) is 0. The van der Waals surface area contributed by atoms with Crippen LogP contribution in [0.4, 0.5) is 10.1 Å². The Labute approximate surface area is 170 Å². The first-order chi connectivity index (χ1) is 13.5. The molecule has 0 aliphatic carbocycles. The summed E-state index contributed by atoms with van der Waals surface area (Å²) < 4.78 is 14.2. The smallest absolute Gasteiger partial charge is 0.234 e. The Morgan fingerprint density at radius 3 is 2.71 bits per heavy atom. The maximum Gasteiger partial charge on any atom is 0.234 e. The number of carbonyl (C=O) groups excluding carboxylic acids is 2. The van der Waals surface area contributed by atoms with E-state index in [-0.39, 0.29) is 40.2 Å². The fraction of sp³-hybridized carbons (Fsp3) is 0.150. The van der Waals surface area contributed by atoms with Gasteiger partial charge in [0.2, 0.25) is 11.8 Å². The quantitative estimate of drug-likeness (QED) is 0.767. The fourth-order valence-corrected chi connectivity index (χ4v) is 3.90. The molecule has 142 valence electrons. The molecule has 5 nitrogen and oxygen atoms in total. The average molecular weight is 416 g/mol. The molecule has 0 saturated carbocycles. The molecule has 0 spiro atoms. The van der Waals surface area contributed by atoms with Crippen molar-refractivity contribution in [2.75, 3.05) is 11.1 Å². The van der Waals surface area contributed by atoms with Gasteiger partial charge in [0.05, 0.1) is 33.1 Å². The molecule has 2 N–H and O–H groups in total. The highest BCUT2D eigenvalue weighted by atomic mass is 35.5. The summed E-state index contributed by atoms with van der Waals surface area (Å²) in [5.74, 6) is -1.88. The van der Waals surface area contributed by atoms with Crippen LogP contribution < -0.4 is 10.6 Å². The normalized spacial score (nSPS) is 16.3. The van der Waals surface area contributed by atoms with E-state index >= 15 is 0 Å². The van der Waals surface area contributed by atoms with E-state index in [2.05, 4.69) is 16.7 Å². The lowest BCUT2D eigenvalue weighted by Gasteiger charge is -2.25. The Hall–Kier alpha value is -2.82. The number of thioether (sulfide) groups is 1. The van der Waals surface area contributed by atoms with Crippen molar-refractivity contribution in [2.24, 2.45) is 0 Å². The van der Waals surface area contributed by atoms with Crippen LogP contribution in [-0.4, -0.2) is 17.6 Å². The molecule has 0 fully saturated rings. The number of nitriles is 1. The summed E-state index contributed by atoms with van der Waals surface area (Å²) in [6, 6.07) is 14.9. The van der Waals surface area contributed by atoms with Crippen molar-refractivity contribution in [3.63, 3.8) is 0 Å². The molecule has 0 saturated heterocycles. The van der Waals surface area contributed by atoms with Crippen LogP contribution in [0.15, 0.2) is 59.1 Å². The minimum atomic E-state index is -0.686. The number of allylic oxidation sites excluding steroid dienone is 1. The third-order valence-corrected chi connectivity index (χ3v) is 5.48. The van der Waals surface area contributed by atoms with Crippen molar-refractivity contribution in [1.82, 2.24) is 5.32 Å². The Kier molecular flexibility index (Phi) is 6.34. The van der Waals surface area contributed by atoms with Gasteiger partial charge in [-0.15, -0.1) is 0 Å². The van der Waals surface area contributed by atoms with Gasteiger partial charge in [-0.3, -0.25) is 9.59 Å². The van der Waals surface area contributed by atoms with Gasteiger partial charge >= 0.3 is 0 Å². The summed E-state index contributed by atoms with van der Waals surface area (Å²) in [6.07, 6.45) is -0.0281. The molecule has 3 rings (SSSR count). The topological polar surface area (TPSA) is 82.0 Å². The second kappa shape index (κ2) is 8.91. The molecule has 0 unspecified atom stereocenters. The first kappa shape index (κ1) is 19.9. The first-order valence-electron chi connectivity index (χ1n) is 8.35. The SMILES string of the molecule is N#CC1=C(SCC(=O)Nc2ccccc2Cl)NC(=O)C[C@H]1c1ccccc1F. The highest BCUT2D eigenvalue weighted by molar-refractivity contribution is 8.03. The van der Waals surface area contributed by atoms with Crippen molar-refractivity contribution >= 4 is 40.9 Å².